The van der Waals surface area contributed by atoms with E-state index in [4.69, 9.17) is 40.5 Å². The van der Waals surface area contributed by atoms with Gasteiger partial charge in [0.05, 0.1) is 44.7 Å². The van der Waals surface area contributed by atoms with Crippen molar-refractivity contribution in [1.82, 2.24) is 5.32 Å². The third-order valence-electron chi connectivity index (χ3n) is 6.64. The van der Waals surface area contributed by atoms with E-state index in [2.05, 4.69) is 10.6 Å². The van der Waals surface area contributed by atoms with Gasteiger partial charge in [-0.15, -0.1) is 0 Å². The highest BCUT2D eigenvalue weighted by atomic mass is 35.5. The van der Waals surface area contributed by atoms with Crippen molar-refractivity contribution in [3.8, 4) is 0 Å². The van der Waals surface area contributed by atoms with Crippen LogP contribution in [-0.2, 0) is 14.4 Å². The van der Waals surface area contributed by atoms with E-state index in [1.165, 1.54) is 24.3 Å². The van der Waals surface area contributed by atoms with Gasteiger partial charge in [0.2, 0.25) is 17.7 Å². The van der Waals surface area contributed by atoms with E-state index in [-0.39, 0.29) is 27.2 Å². The van der Waals surface area contributed by atoms with Crippen LogP contribution in [0, 0.1) is 5.92 Å². The van der Waals surface area contributed by atoms with E-state index in [0.717, 1.165) is 0 Å². The maximum absolute atomic E-state index is 13.8. The van der Waals surface area contributed by atoms with Crippen molar-refractivity contribution < 1.29 is 27.6 Å². The van der Waals surface area contributed by atoms with Gasteiger partial charge in [-0.2, -0.15) is 13.2 Å². The van der Waals surface area contributed by atoms with Crippen molar-refractivity contribution in [1.29, 1.82) is 0 Å². The number of nitrogens with one attached hydrogen (secondary N) is 2. The van der Waals surface area contributed by atoms with Crippen LogP contribution >= 0.6 is 34.8 Å². The van der Waals surface area contributed by atoms with E-state index in [9.17, 15) is 27.6 Å². The van der Waals surface area contributed by atoms with Gasteiger partial charge in [-0.25, -0.2) is 0 Å². The van der Waals surface area contributed by atoms with Crippen LogP contribution < -0.4 is 21.3 Å². The zero-order chi connectivity index (χ0) is 29.9. The Kier molecular flexibility index (Phi) is 9.36. The summed E-state index contributed by atoms with van der Waals surface area (Å²) in [7, 11) is 0. The summed E-state index contributed by atoms with van der Waals surface area (Å²) in [5, 5.41) is 6.08. The van der Waals surface area contributed by atoms with E-state index in [1.807, 2.05) is 0 Å². The van der Waals surface area contributed by atoms with Crippen molar-refractivity contribution >= 4 is 69.6 Å². The minimum Gasteiger partial charge on any atom is -0.369 e. The number of nitrogens with zero attached hydrogens (tertiary/aromatic N) is 1. The third kappa shape index (κ3) is 7.25. The molecule has 4 N–H and O–H groups in total. The molecule has 13 heteroatoms. The molecular formula is C28H24Cl3F3N4O3. The summed E-state index contributed by atoms with van der Waals surface area (Å²) in [6.07, 6.45) is -8.10. The fraction of sp³-hybridized carbons (Fsp3) is 0.250. The predicted octanol–water partition coefficient (Wildman–Crippen LogP) is 6.80. The molecule has 216 valence electrons. The minimum atomic E-state index is -4.60. The van der Waals surface area contributed by atoms with E-state index >= 15 is 0 Å². The first-order valence-corrected chi connectivity index (χ1v) is 13.5. The maximum Gasteiger partial charge on any atom is 0.389 e. The first-order chi connectivity index (χ1) is 19.4. The van der Waals surface area contributed by atoms with Crippen molar-refractivity contribution in [3.63, 3.8) is 0 Å². The molecule has 3 aromatic carbocycles. The van der Waals surface area contributed by atoms with Crippen LogP contribution in [0.5, 0.6) is 0 Å². The number of nitrogens with two attached hydrogens (primary N) is 1. The summed E-state index contributed by atoms with van der Waals surface area (Å²) in [5.41, 5.74) is 6.98. The van der Waals surface area contributed by atoms with E-state index < -0.39 is 54.7 Å². The molecule has 0 aromatic heterocycles. The van der Waals surface area contributed by atoms with Crippen LogP contribution in [0.3, 0.4) is 0 Å². The van der Waals surface area contributed by atoms with Gasteiger partial charge in [0, 0.05) is 12.1 Å². The second-order valence-electron chi connectivity index (χ2n) is 9.43. The SMILES string of the molecule is NC(=O)[C@@H](c1ccccc1)[C@@H](CCC(F)(F)F)C(=O)NC1CC(=O)Nc2c(Cl)cccc2N1c1ccc(Cl)c(Cl)c1. The number of carbonyl (C=O) groups is 3. The average Bonchev–Trinajstić information content (AvgIpc) is 3.04. The lowest BCUT2D eigenvalue weighted by Gasteiger charge is -2.35. The quantitative estimate of drug-likeness (QED) is 0.256. The number of amides is 3. The zero-order valence-corrected chi connectivity index (χ0v) is 23.5. The topological polar surface area (TPSA) is 105 Å². The maximum atomic E-state index is 13.8. The summed E-state index contributed by atoms with van der Waals surface area (Å²) in [6, 6.07) is 17.4. The van der Waals surface area contributed by atoms with Crippen LogP contribution in [0.4, 0.5) is 30.2 Å². The van der Waals surface area contributed by atoms with Gasteiger partial charge in [-0.3, -0.25) is 14.4 Å². The minimum absolute atomic E-state index is 0.183. The molecule has 0 spiro atoms. The molecule has 0 saturated heterocycles. The zero-order valence-electron chi connectivity index (χ0n) is 21.2. The molecule has 0 fully saturated rings. The first kappa shape index (κ1) is 30.5. The fourth-order valence-electron chi connectivity index (χ4n) is 4.83. The lowest BCUT2D eigenvalue weighted by molar-refractivity contribution is -0.144. The Hall–Kier alpha value is -3.47. The predicted molar refractivity (Wildman–Crippen MR) is 152 cm³/mol. The average molecular weight is 628 g/mol. The Morgan fingerprint density at radius 1 is 1.00 bits per heavy atom. The third-order valence-corrected chi connectivity index (χ3v) is 7.69. The molecule has 0 bridgehead atoms. The molecule has 1 unspecified atom stereocenters. The molecule has 41 heavy (non-hydrogen) atoms. The highest BCUT2D eigenvalue weighted by Crippen LogP contribution is 2.42. The lowest BCUT2D eigenvalue weighted by Crippen LogP contribution is -2.50. The van der Waals surface area contributed by atoms with Crippen LogP contribution in [0.2, 0.25) is 15.1 Å². The standard InChI is InChI=1S/C28H24Cl3F3N4O3/c29-18-10-9-16(13-20(18)31)38-21-8-4-7-19(30)25(21)37-23(39)14-22(38)36-27(41)17(11-12-28(32,33)34)24(26(35)40)15-5-2-1-3-6-15/h1-10,13,17,22,24H,11-12,14H2,(H2,35,40)(H,36,41)(H,37,39)/t17-,22?,24+/m1/s1. The first-order valence-electron chi connectivity index (χ1n) is 12.4. The van der Waals surface area contributed by atoms with Crippen molar-refractivity contribution in [2.75, 3.05) is 10.2 Å². The second-order valence-corrected chi connectivity index (χ2v) is 10.7. The normalized spacial score (nSPS) is 16.7. The summed E-state index contributed by atoms with van der Waals surface area (Å²) >= 11 is 18.8. The molecule has 4 rings (SSSR count). The van der Waals surface area contributed by atoms with Gasteiger partial charge in [0.1, 0.15) is 6.17 Å². The molecule has 1 aliphatic rings. The van der Waals surface area contributed by atoms with Gasteiger partial charge in [-0.05, 0) is 42.3 Å². The van der Waals surface area contributed by atoms with E-state index in [0.29, 0.717) is 16.9 Å². The number of rotatable bonds is 8. The number of primary amides is 1. The summed E-state index contributed by atoms with van der Waals surface area (Å²) < 4.78 is 40.0. The molecule has 3 atom stereocenters. The fourth-order valence-corrected chi connectivity index (χ4v) is 5.34. The van der Waals surface area contributed by atoms with Gasteiger partial charge in [0.15, 0.2) is 0 Å². The Balaban J connectivity index is 1.79. The largest absolute Gasteiger partial charge is 0.389 e. The number of hydrogen-bond acceptors (Lipinski definition) is 4. The Labute approximate surface area is 248 Å². The number of fused-ring (bicyclic) bond motifs is 1. The summed E-state index contributed by atoms with van der Waals surface area (Å²) in [4.78, 5) is 40.9. The Bertz CT molecular complexity index is 1460. The van der Waals surface area contributed by atoms with Crippen LogP contribution in [0.15, 0.2) is 66.7 Å². The second kappa shape index (κ2) is 12.6. The number of benzene rings is 3. The molecule has 1 aliphatic heterocycles. The van der Waals surface area contributed by atoms with E-state index in [1.54, 1.807) is 47.4 Å². The number of para-hydroxylation sites is 1. The van der Waals surface area contributed by atoms with Crippen LogP contribution in [-0.4, -0.2) is 30.1 Å². The van der Waals surface area contributed by atoms with Crippen molar-refractivity contribution in [2.24, 2.45) is 11.7 Å². The Morgan fingerprint density at radius 3 is 2.34 bits per heavy atom. The highest BCUT2D eigenvalue weighted by Gasteiger charge is 2.40. The summed E-state index contributed by atoms with van der Waals surface area (Å²) in [6.45, 7) is 0. The molecule has 1 heterocycles. The van der Waals surface area contributed by atoms with Crippen molar-refractivity contribution in [2.45, 2.75) is 37.5 Å². The Morgan fingerprint density at radius 2 is 1.71 bits per heavy atom. The number of hydrogen-bond donors (Lipinski definition) is 3. The molecular weight excluding hydrogens is 604 g/mol. The smallest absolute Gasteiger partial charge is 0.369 e. The highest BCUT2D eigenvalue weighted by molar-refractivity contribution is 6.42. The molecule has 0 saturated carbocycles. The number of carbonyl (C=O) groups excluding carboxylic acids is 3. The number of halogens is 6. The van der Waals surface area contributed by atoms with Gasteiger partial charge in [0.25, 0.3) is 0 Å². The van der Waals surface area contributed by atoms with Gasteiger partial charge < -0.3 is 21.3 Å². The monoisotopic (exact) mass is 626 g/mol. The van der Waals surface area contributed by atoms with Gasteiger partial charge >= 0.3 is 6.18 Å². The van der Waals surface area contributed by atoms with Gasteiger partial charge in [-0.1, -0.05) is 71.2 Å². The van der Waals surface area contributed by atoms with Crippen molar-refractivity contribution in [3.05, 3.63) is 87.4 Å². The molecule has 0 aliphatic carbocycles. The molecule has 3 aromatic rings. The molecule has 7 nitrogen and oxygen atoms in total. The lowest BCUT2D eigenvalue weighted by atomic mass is 9.81. The van der Waals surface area contributed by atoms with Crippen LogP contribution in [0.1, 0.15) is 30.7 Å². The molecule has 3 amide bonds. The molecule has 0 radical (unpaired) electrons. The number of anilines is 3. The van der Waals surface area contributed by atoms with Crippen LogP contribution in [0.25, 0.3) is 0 Å². The summed E-state index contributed by atoms with van der Waals surface area (Å²) in [5.74, 6) is -5.24. The number of alkyl halides is 3.